The van der Waals surface area contributed by atoms with Crippen LogP contribution in [0.2, 0.25) is 39.3 Å². The van der Waals surface area contributed by atoms with E-state index in [0.717, 1.165) is 113 Å². The molecule has 21 aromatic rings. The van der Waals surface area contributed by atoms with Crippen molar-refractivity contribution < 1.29 is 9.47 Å². The lowest BCUT2D eigenvalue weighted by atomic mass is 9.86. The van der Waals surface area contributed by atoms with Gasteiger partial charge in [-0.2, -0.15) is 0 Å². The van der Waals surface area contributed by atoms with Crippen molar-refractivity contribution in [3.05, 3.63) is 437 Å². The molecule has 0 bridgehead atoms. The molecule has 0 spiro atoms. The van der Waals surface area contributed by atoms with E-state index in [1.54, 1.807) is 0 Å². The molecule has 8 heteroatoms. The Labute approximate surface area is 737 Å². The Balaban J connectivity index is 0.000000149. The van der Waals surface area contributed by atoms with E-state index in [-0.39, 0.29) is 0 Å². The van der Waals surface area contributed by atoms with Crippen molar-refractivity contribution in [1.82, 2.24) is 0 Å². The van der Waals surface area contributed by atoms with Gasteiger partial charge in [0.1, 0.15) is 23.0 Å². The molecule has 126 heavy (non-hydrogen) atoms. The van der Waals surface area contributed by atoms with E-state index in [1.807, 2.05) is 0 Å². The van der Waals surface area contributed by atoms with Crippen molar-refractivity contribution in [2.45, 2.75) is 39.3 Å². The number of fused-ring (bicyclic) bond motifs is 13. The molecule has 0 N–H and O–H groups in total. The summed E-state index contributed by atoms with van der Waals surface area (Å²) in [7, 11) is -2.87. The van der Waals surface area contributed by atoms with Crippen LogP contribution in [-0.2, 0) is 0 Å². The zero-order valence-corrected chi connectivity index (χ0v) is 73.2. The third-order valence-corrected chi connectivity index (χ3v) is 29.4. The zero-order valence-electron chi connectivity index (χ0n) is 71.2. The van der Waals surface area contributed by atoms with E-state index in [0.29, 0.717) is 0 Å². The minimum Gasteiger partial charge on any atom is -0.456 e. The number of anilines is 12. The number of hydrogen-bond donors (Lipinski definition) is 0. The largest absolute Gasteiger partial charge is 0.456 e. The van der Waals surface area contributed by atoms with Gasteiger partial charge < -0.3 is 29.1 Å². The van der Waals surface area contributed by atoms with Crippen LogP contribution in [0.25, 0.3) is 120 Å². The topological polar surface area (TPSA) is 31.4 Å². The molecule has 0 fully saturated rings. The first-order valence-electron chi connectivity index (χ1n) is 43.6. The van der Waals surface area contributed by atoms with E-state index >= 15 is 0 Å². The molecule has 2 heterocycles. The summed E-state index contributed by atoms with van der Waals surface area (Å²) < 4.78 is 13.8. The molecule has 0 atom stereocenters. The maximum atomic E-state index is 6.94. The molecule has 2 aliphatic heterocycles. The first-order valence-corrected chi connectivity index (χ1v) is 50.6. The van der Waals surface area contributed by atoms with Crippen LogP contribution < -0.4 is 39.4 Å². The second-order valence-corrected chi connectivity index (χ2v) is 45.3. The summed E-state index contributed by atoms with van der Waals surface area (Å²) >= 11 is 0. The third-order valence-electron chi connectivity index (χ3n) is 25.3. The van der Waals surface area contributed by atoms with Crippen molar-refractivity contribution >= 4 is 170 Å². The molecule has 0 aromatic heterocycles. The molecule has 0 amide bonds. The zero-order chi connectivity index (χ0) is 84.7. The molecular weight excluding hydrogens is 1560 g/mol. The number of rotatable bonds is 16. The number of benzene rings is 21. The smallest absolute Gasteiger partial charge is 0.137 e. The fraction of sp³-hybridized carbons (Fsp3) is 0.0508. The highest BCUT2D eigenvalue weighted by Gasteiger charge is 2.30. The van der Waals surface area contributed by atoms with Gasteiger partial charge in [0.2, 0.25) is 0 Å². The Morgan fingerprint density at radius 2 is 0.437 bits per heavy atom. The Hall–Kier alpha value is -15.3. The van der Waals surface area contributed by atoms with Gasteiger partial charge in [-0.05, 0) is 280 Å². The van der Waals surface area contributed by atoms with E-state index < -0.39 is 16.1 Å². The maximum absolute atomic E-state index is 6.94. The average Bonchev–Trinajstić information content (AvgIpc) is 0.716. The van der Waals surface area contributed by atoms with Crippen LogP contribution in [0.15, 0.2) is 437 Å². The number of hydrogen-bond acceptors (Lipinski definition) is 6. The predicted molar refractivity (Wildman–Crippen MR) is 542 cm³/mol. The molecule has 23 rings (SSSR count). The van der Waals surface area contributed by atoms with Gasteiger partial charge in [-0.3, -0.25) is 0 Å². The highest BCUT2D eigenvalue weighted by molar-refractivity contribution is 6.89. The second-order valence-electron chi connectivity index (χ2n) is 35.1. The van der Waals surface area contributed by atoms with Gasteiger partial charge in [0.25, 0.3) is 0 Å². The van der Waals surface area contributed by atoms with Crippen molar-refractivity contribution in [3.8, 4) is 67.5 Å². The fourth-order valence-electron chi connectivity index (χ4n) is 19.1. The fourth-order valence-corrected chi connectivity index (χ4v) is 21.4. The summed E-state index contributed by atoms with van der Waals surface area (Å²) in [6, 6.07) is 159. The second kappa shape index (κ2) is 31.5. The predicted octanol–water partition coefficient (Wildman–Crippen LogP) is 33.3. The van der Waals surface area contributed by atoms with Gasteiger partial charge in [-0.1, -0.05) is 292 Å². The van der Waals surface area contributed by atoms with Crippen LogP contribution in [0, 0.1) is 0 Å². The van der Waals surface area contributed by atoms with Crippen molar-refractivity contribution in [2.24, 2.45) is 0 Å². The van der Waals surface area contributed by atoms with Crippen LogP contribution in [0.5, 0.6) is 23.0 Å². The molecule has 0 radical (unpaired) electrons. The lowest BCUT2D eigenvalue weighted by molar-refractivity contribution is 0.487. The van der Waals surface area contributed by atoms with Crippen molar-refractivity contribution in [1.29, 1.82) is 0 Å². The van der Waals surface area contributed by atoms with E-state index in [2.05, 4.69) is 496 Å². The Morgan fingerprint density at radius 1 is 0.167 bits per heavy atom. The monoisotopic (exact) mass is 1650 g/mol. The SMILES string of the molecule is C[Si](C)(C)c1ccc(N(c2ccccc2)c2ccc(-c3cc4c5cccc6c5c(cc4c4ccccc34)-c3ccc(N(c4ccccc4)c4ccc5ccccc5c4)cc3O6)cc2)cc1.C[Si](C)(C)c1ccc(N(c2ccccc2)c2ccc(-c3cc4c5cccc6c5c(cc4c4ccccc34)-c3ccc(N(c4ccccc4)c4ccccc4)cc3O6)cc2)cc1. The van der Waals surface area contributed by atoms with Gasteiger partial charge in [0.05, 0.1) is 16.1 Å². The van der Waals surface area contributed by atoms with Gasteiger partial charge in [0.15, 0.2) is 0 Å². The number of ether oxygens (including phenoxy) is 2. The first kappa shape index (κ1) is 76.8. The minimum atomic E-state index is -1.44. The number of nitrogens with zero attached hydrogens (tertiary/aromatic N) is 4. The van der Waals surface area contributed by atoms with Gasteiger partial charge >= 0.3 is 0 Å². The van der Waals surface area contributed by atoms with Gasteiger partial charge in [-0.15, -0.1) is 0 Å². The normalized spacial score (nSPS) is 12.0. The summed E-state index contributed by atoms with van der Waals surface area (Å²) in [5, 5.41) is 19.8. The summed E-state index contributed by atoms with van der Waals surface area (Å²) in [4.78, 5) is 9.31. The van der Waals surface area contributed by atoms with Crippen LogP contribution >= 0.6 is 0 Å². The van der Waals surface area contributed by atoms with Crippen LogP contribution in [0.4, 0.5) is 68.2 Å². The molecule has 0 unspecified atom stereocenters. The van der Waals surface area contributed by atoms with E-state index in [9.17, 15) is 0 Å². The number of para-hydroxylation sites is 5. The van der Waals surface area contributed by atoms with E-state index in [1.165, 1.54) is 108 Å². The summed E-state index contributed by atoms with van der Waals surface area (Å²) in [5.41, 5.74) is 22.6. The first-order chi connectivity index (χ1) is 61.7. The maximum Gasteiger partial charge on any atom is 0.137 e. The van der Waals surface area contributed by atoms with Crippen LogP contribution in [0.3, 0.4) is 0 Å². The Kier molecular flexibility index (Phi) is 19.2. The Morgan fingerprint density at radius 3 is 0.810 bits per heavy atom. The van der Waals surface area contributed by atoms with Crippen LogP contribution in [-0.4, -0.2) is 16.1 Å². The quantitative estimate of drug-likeness (QED) is 0.0708. The Bertz CT molecular complexity index is 7720. The van der Waals surface area contributed by atoms with Crippen molar-refractivity contribution in [3.63, 3.8) is 0 Å². The minimum absolute atomic E-state index is 0.848. The summed E-state index contributed by atoms with van der Waals surface area (Å²) in [5.74, 6) is 3.45. The molecule has 0 saturated heterocycles. The highest BCUT2D eigenvalue weighted by Crippen LogP contribution is 2.56. The van der Waals surface area contributed by atoms with Crippen LogP contribution in [0.1, 0.15) is 0 Å². The molecule has 0 saturated carbocycles. The van der Waals surface area contributed by atoms with Crippen molar-refractivity contribution in [2.75, 3.05) is 19.6 Å². The summed E-state index contributed by atoms with van der Waals surface area (Å²) in [6.07, 6.45) is 0. The molecule has 2 aliphatic rings. The van der Waals surface area contributed by atoms with Gasteiger partial charge in [0, 0.05) is 102 Å². The standard InChI is InChI=1S/C61H46N2OSi.C57H44N2OSi/c1-65(2,3)50-34-31-47(32-35-50)62(44-17-6-4-7-18-44)46-28-26-42(27-29-46)55-39-57-54-23-14-24-59-61(54)58(40-56(57)52-22-13-12-21-51(52)55)53-36-33-49(38-60(53)64-59)63(45-19-8-5-9-20-45)48-30-25-41-15-10-11-16-43(41)37-48;1-61(2,3)46-33-30-44(31-34-46)58(40-16-7-4-8-17-40)43-28-26-39(27-29-43)51-37-53-50-24-15-25-55-57(50)54(38-52(53)48-23-14-13-22-47(48)51)49-35-32-45(36-56(49)60-55)59(41-18-9-5-10-19-41)42-20-11-6-12-21-42/h4-40H,1-3H3;4-38H,1-3H3. The van der Waals surface area contributed by atoms with E-state index in [4.69, 9.17) is 9.47 Å². The highest BCUT2D eigenvalue weighted by atomic mass is 28.3. The molecular formula is C118H90N4O2Si2. The molecule has 602 valence electrons. The lowest BCUT2D eigenvalue weighted by Crippen LogP contribution is -2.37. The molecule has 0 aliphatic carbocycles. The average molecular weight is 1650 g/mol. The lowest BCUT2D eigenvalue weighted by Gasteiger charge is -2.28. The molecule has 21 aromatic carbocycles. The molecule has 6 nitrogen and oxygen atoms in total. The summed E-state index contributed by atoms with van der Waals surface area (Å²) in [6.45, 7) is 14.4. The van der Waals surface area contributed by atoms with Gasteiger partial charge in [-0.25, -0.2) is 0 Å². The third kappa shape index (κ3) is 13.9.